The number of hydrogen-bond donors (Lipinski definition) is 1. The van der Waals surface area contributed by atoms with Gasteiger partial charge in [0.05, 0.1) is 18.7 Å². The van der Waals surface area contributed by atoms with Gasteiger partial charge in [-0.15, -0.1) is 0 Å². The highest BCUT2D eigenvalue weighted by Gasteiger charge is 2.34. The third-order valence-corrected chi connectivity index (χ3v) is 4.74. The van der Waals surface area contributed by atoms with E-state index in [2.05, 4.69) is 15.3 Å². The largest absolute Gasteiger partial charge is 0.367 e. The van der Waals surface area contributed by atoms with E-state index in [9.17, 15) is 4.79 Å². The molecule has 0 saturated heterocycles. The number of aromatic nitrogens is 2. The Balaban J connectivity index is 1.69. The maximum Gasteiger partial charge on any atom is 0.242 e. The van der Waals surface area contributed by atoms with Crippen molar-refractivity contribution in [2.45, 2.75) is 50.7 Å². The fourth-order valence-corrected chi connectivity index (χ4v) is 3.08. The van der Waals surface area contributed by atoms with Crippen LogP contribution < -0.4 is 10.2 Å². The molecule has 0 spiro atoms. The lowest BCUT2D eigenvalue weighted by molar-refractivity contribution is -0.134. The average molecular weight is 287 g/mol. The molecule has 6 heteroatoms. The molecule has 6 nitrogen and oxygen atoms in total. The summed E-state index contributed by atoms with van der Waals surface area (Å²) >= 11 is 0. The molecule has 0 aromatic carbocycles. The molecule has 1 aliphatic heterocycles. The van der Waals surface area contributed by atoms with Gasteiger partial charge < -0.3 is 15.1 Å². The number of amides is 1. The second-order valence-electron chi connectivity index (χ2n) is 6.41. The maximum atomic E-state index is 12.5. The lowest BCUT2D eigenvalue weighted by Gasteiger charge is -2.37. The minimum atomic E-state index is 0.206. The van der Waals surface area contributed by atoms with Gasteiger partial charge in [-0.3, -0.25) is 4.79 Å². The Morgan fingerprint density at radius 2 is 2.00 bits per heavy atom. The lowest BCUT2D eigenvalue weighted by atomic mass is 9.91. The molecule has 112 valence electrons. The van der Waals surface area contributed by atoms with E-state index in [1.54, 1.807) is 6.33 Å². The van der Waals surface area contributed by atoms with Crippen molar-refractivity contribution in [3.63, 3.8) is 0 Å². The molecule has 1 N–H and O–H groups in total. The molecule has 0 unspecified atom stereocenters. The monoisotopic (exact) mass is 287 g/mol. The summed E-state index contributed by atoms with van der Waals surface area (Å²) in [5.41, 5.74) is 1.07. The number of carbonyl (C=O) groups is 1. The van der Waals surface area contributed by atoms with Crippen molar-refractivity contribution >= 4 is 17.5 Å². The van der Waals surface area contributed by atoms with E-state index in [4.69, 9.17) is 0 Å². The van der Waals surface area contributed by atoms with E-state index in [0.717, 1.165) is 30.0 Å². The van der Waals surface area contributed by atoms with Crippen molar-refractivity contribution < 1.29 is 4.79 Å². The van der Waals surface area contributed by atoms with E-state index in [1.165, 1.54) is 19.3 Å². The van der Waals surface area contributed by atoms with Crippen molar-refractivity contribution in [2.75, 3.05) is 23.8 Å². The highest BCUT2D eigenvalue weighted by atomic mass is 16.2. The van der Waals surface area contributed by atoms with Crippen LogP contribution in [0.2, 0.25) is 0 Å². The van der Waals surface area contributed by atoms with Crippen LogP contribution in [0.15, 0.2) is 6.33 Å². The van der Waals surface area contributed by atoms with Crippen molar-refractivity contribution in [1.29, 1.82) is 0 Å². The first-order valence-corrected chi connectivity index (χ1v) is 7.83. The Morgan fingerprint density at radius 3 is 2.67 bits per heavy atom. The average Bonchev–Trinajstić information content (AvgIpc) is 3.21. The predicted molar refractivity (Wildman–Crippen MR) is 80.1 cm³/mol. The zero-order valence-corrected chi connectivity index (χ0v) is 12.4. The lowest BCUT2D eigenvalue weighted by Crippen LogP contribution is -2.45. The van der Waals surface area contributed by atoms with E-state index in [1.807, 2.05) is 16.8 Å². The number of carbonyl (C=O) groups excluding carboxylic acids is 1. The van der Waals surface area contributed by atoms with Crippen LogP contribution in [0.25, 0.3) is 0 Å². The number of rotatable bonds is 3. The molecule has 4 rings (SSSR count). The van der Waals surface area contributed by atoms with Crippen LogP contribution in [0.1, 0.15) is 37.7 Å². The summed E-state index contributed by atoms with van der Waals surface area (Å²) in [7, 11) is 1.94. The van der Waals surface area contributed by atoms with E-state index in [0.29, 0.717) is 25.2 Å². The third-order valence-electron chi connectivity index (χ3n) is 4.74. The van der Waals surface area contributed by atoms with Gasteiger partial charge in [-0.05, 0) is 32.1 Å². The fraction of sp³-hybridized carbons (Fsp3) is 0.667. The maximum absolute atomic E-state index is 12.5. The van der Waals surface area contributed by atoms with Crippen molar-refractivity contribution in [3.8, 4) is 0 Å². The molecule has 0 radical (unpaired) electrons. The van der Waals surface area contributed by atoms with Gasteiger partial charge in [0, 0.05) is 19.1 Å². The molecule has 2 fully saturated rings. The van der Waals surface area contributed by atoms with E-state index < -0.39 is 0 Å². The molecule has 0 atom stereocenters. The zero-order chi connectivity index (χ0) is 14.4. The van der Waals surface area contributed by atoms with Gasteiger partial charge in [-0.1, -0.05) is 0 Å². The summed E-state index contributed by atoms with van der Waals surface area (Å²) < 4.78 is 0. The molecule has 1 amide bonds. The second kappa shape index (κ2) is 4.86. The van der Waals surface area contributed by atoms with Crippen molar-refractivity contribution in [2.24, 2.45) is 0 Å². The normalized spacial score (nSPS) is 22.6. The third kappa shape index (κ3) is 2.32. The summed E-state index contributed by atoms with van der Waals surface area (Å²) in [4.78, 5) is 25.3. The fourth-order valence-electron chi connectivity index (χ4n) is 3.08. The number of hydrogen-bond acceptors (Lipinski definition) is 5. The van der Waals surface area contributed by atoms with Gasteiger partial charge in [0.1, 0.15) is 18.0 Å². The van der Waals surface area contributed by atoms with Crippen LogP contribution in [0.4, 0.5) is 11.6 Å². The topological polar surface area (TPSA) is 61.4 Å². The first-order valence-electron chi connectivity index (χ1n) is 7.83. The Morgan fingerprint density at radius 1 is 1.19 bits per heavy atom. The van der Waals surface area contributed by atoms with Gasteiger partial charge in [0.2, 0.25) is 5.91 Å². The highest BCUT2D eigenvalue weighted by Crippen LogP contribution is 2.34. The number of nitrogens with zero attached hydrogens (tertiary/aromatic N) is 4. The molecule has 2 heterocycles. The van der Waals surface area contributed by atoms with Gasteiger partial charge in [0.25, 0.3) is 0 Å². The smallest absolute Gasteiger partial charge is 0.242 e. The Hall–Kier alpha value is -1.85. The molecular formula is C15H21N5O. The van der Waals surface area contributed by atoms with Gasteiger partial charge in [-0.2, -0.15) is 0 Å². The Kier molecular flexibility index (Phi) is 2.97. The first-order chi connectivity index (χ1) is 10.2. The summed E-state index contributed by atoms with van der Waals surface area (Å²) in [6.45, 7) is 1.04. The molecule has 0 bridgehead atoms. The number of likely N-dealkylation sites (N-methyl/N-ethyl adjacent to an activating group) is 1. The van der Waals surface area contributed by atoms with Crippen LogP contribution in [-0.4, -0.2) is 46.5 Å². The first kappa shape index (κ1) is 12.9. The number of fused-ring (bicyclic) bond motifs is 1. The SMILES string of the molecule is CN1CC(=O)N(C2CCC2)Cc2c(NC3CC3)ncnc21. The molecule has 1 aromatic heterocycles. The molecule has 3 aliphatic rings. The Bertz CT molecular complexity index is 567. The van der Waals surface area contributed by atoms with Gasteiger partial charge in [-0.25, -0.2) is 9.97 Å². The number of anilines is 2. The summed E-state index contributed by atoms with van der Waals surface area (Å²) in [6.07, 6.45) is 7.51. The molecular weight excluding hydrogens is 266 g/mol. The Labute approximate surface area is 124 Å². The van der Waals surface area contributed by atoms with Crippen LogP contribution in [0.3, 0.4) is 0 Å². The molecule has 1 aromatic rings. The molecule has 2 aliphatic carbocycles. The minimum Gasteiger partial charge on any atom is -0.367 e. The molecule has 2 saturated carbocycles. The summed E-state index contributed by atoms with van der Waals surface area (Å²) in [6, 6.07) is 0.955. The predicted octanol–water partition coefficient (Wildman–Crippen LogP) is 1.38. The molecule has 21 heavy (non-hydrogen) atoms. The zero-order valence-electron chi connectivity index (χ0n) is 12.4. The van der Waals surface area contributed by atoms with Gasteiger partial charge >= 0.3 is 0 Å². The standard InChI is InChI=1S/C15H21N5O/c1-19-8-13(21)20(11-3-2-4-11)7-12-14(18-10-5-6-10)16-9-17-15(12)19/h9-11H,2-8H2,1H3,(H,16,17,18). The van der Waals surface area contributed by atoms with E-state index >= 15 is 0 Å². The van der Waals surface area contributed by atoms with E-state index in [-0.39, 0.29) is 5.91 Å². The summed E-state index contributed by atoms with van der Waals surface area (Å²) in [5.74, 6) is 2.01. The van der Waals surface area contributed by atoms with Crippen LogP contribution in [0, 0.1) is 0 Å². The minimum absolute atomic E-state index is 0.206. The van der Waals surface area contributed by atoms with Crippen molar-refractivity contribution in [1.82, 2.24) is 14.9 Å². The van der Waals surface area contributed by atoms with Gasteiger partial charge in [0.15, 0.2) is 0 Å². The number of nitrogens with one attached hydrogen (secondary N) is 1. The summed E-state index contributed by atoms with van der Waals surface area (Å²) in [5, 5.41) is 3.49. The van der Waals surface area contributed by atoms with Crippen LogP contribution in [0.5, 0.6) is 0 Å². The van der Waals surface area contributed by atoms with Crippen molar-refractivity contribution in [3.05, 3.63) is 11.9 Å². The quantitative estimate of drug-likeness (QED) is 0.910. The van der Waals surface area contributed by atoms with Crippen LogP contribution >= 0.6 is 0 Å². The highest BCUT2D eigenvalue weighted by molar-refractivity contribution is 5.84. The van der Waals surface area contributed by atoms with Crippen LogP contribution in [-0.2, 0) is 11.3 Å². The second-order valence-corrected chi connectivity index (χ2v) is 6.41.